The zero-order valence-corrected chi connectivity index (χ0v) is 16.1. The maximum Gasteiger partial charge on any atom is 0.374 e. The van der Waals surface area contributed by atoms with Crippen LogP contribution in [0.5, 0.6) is 5.75 Å². The molecule has 2 heterocycles. The second-order valence-electron chi connectivity index (χ2n) is 7.86. The first-order chi connectivity index (χ1) is 13.2. The number of carbonyl (C=O) groups excluding carboxylic acids is 1. The first-order valence-corrected chi connectivity index (χ1v) is 10.3. The molecule has 2 fully saturated rings. The van der Waals surface area contributed by atoms with Crippen molar-refractivity contribution in [3.8, 4) is 5.75 Å². The van der Waals surface area contributed by atoms with Crippen molar-refractivity contribution >= 4 is 16.9 Å². The number of furan rings is 1. The number of hydrogen-bond donors (Lipinski definition) is 1. The third kappa shape index (κ3) is 4.13. The van der Waals surface area contributed by atoms with E-state index in [0.29, 0.717) is 23.9 Å². The lowest BCUT2D eigenvalue weighted by Gasteiger charge is -2.24. The van der Waals surface area contributed by atoms with Crippen LogP contribution in [0, 0.1) is 12.8 Å². The Kier molecular flexibility index (Phi) is 5.67. The van der Waals surface area contributed by atoms with Crippen molar-refractivity contribution in [2.75, 3.05) is 19.7 Å². The van der Waals surface area contributed by atoms with Gasteiger partial charge in [0.25, 0.3) is 0 Å². The topological polar surface area (TPSA) is 60.7 Å². The fourth-order valence-electron chi connectivity index (χ4n) is 4.26. The van der Waals surface area contributed by atoms with Gasteiger partial charge in [-0.2, -0.15) is 0 Å². The lowest BCUT2D eigenvalue weighted by atomic mass is 9.90. The largest absolute Gasteiger partial charge is 0.490 e. The lowest BCUT2D eigenvalue weighted by Crippen LogP contribution is -2.34. The number of ether oxygens (including phenoxy) is 2. The zero-order chi connectivity index (χ0) is 18.6. The minimum absolute atomic E-state index is 0.202. The molecule has 27 heavy (non-hydrogen) atoms. The highest BCUT2D eigenvalue weighted by molar-refractivity contribution is 5.98. The van der Waals surface area contributed by atoms with E-state index >= 15 is 0 Å². The number of benzene rings is 1. The molecular formula is C22H29NO4. The number of rotatable bonds is 5. The quantitative estimate of drug-likeness (QED) is 0.778. The number of aryl methyl sites for hydroxylation is 1. The molecule has 2 aromatic rings. The van der Waals surface area contributed by atoms with E-state index in [0.717, 1.165) is 55.5 Å². The van der Waals surface area contributed by atoms with Crippen molar-refractivity contribution < 1.29 is 18.7 Å². The molecule has 5 heteroatoms. The van der Waals surface area contributed by atoms with Gasteiger partial charge in [0.05, 0.1) is 12.0 Å². The van der Waals surface area contributed by atoms with E-state index in [1.807, 2.05) is 25.1 Å². The molecule has 2 aliphatic rings. The van der Waals surface area contributed by atoms with E-state index in [-0.39, 0.29) is 12.1 Å². The van der Waals surface area contributed by atoms with Gasteiger partial charge in [-0.15, -0.1) is 0 Å². The third-order valence-corrected chi connectivity index (χ3v) is 5.86. The Morgan fingerprint density at radius 1 is 1.15 bits per heavy atom. The standard InChI is InChI=1S/C22H29NO4/c1-15-20-18(26-17-10-12-23-13-11-17)8-5-9-19(20)27-21(15)22(24)25-14-16-6-3-2-4-7-16/h5,8-9,16-17,23H,2-4,6-7,10-14H2,1H3. The maximum absolute atomic E-state index is 12.6. The molecule has 0 bridgehead atoms. The highest BCUT2D eigenvalue weighted by atomic mass is 16.5. The Hall–Kier alpha value is -2.01. The Morgan fingerprint density at radius 3 is 2.70 bits per heavy atom. The van der Waals surface area contributed by atoms with Gasteiger partial charge in [0.15, 0.2) is 0 Å². The maximum atomic E-state index is 12.6. The molecule has 4 rings (SSSR count). The first kappa shape index (κ1) is 18.4. The number of nitrogens with one attached hydrogen (secondary N) is 1. The van der Waals surface area contributed by atoms with E-state index in [1.54, 1.807) is 0 Å². The summed E-state index contributed by atoms with van der Waals surface area (Å²) in [5.74, 6) is 1.24. The van der Waals surface area contributed by atoms with Gasteiger partial charge in [-0.05, 0) is 63.7 Å². The SMILES string of the molecule is Cc1c(C(=O)OCC2CCCCC2)oc2cccc(OC3CCNCC3)c12. The molecule has 1 aliphatic carbocycles. The molecule has 0 atom stereocenters. The second-order valence-corrected chi connectivity index (χ2v) is 7.86. The molecule has 0 radical (unpaired) electrons. The van der Waals surface area contributed by atoms with Gasteiger partial charge in [0.1, 0.15) is 17.4 Å². The summed E-state index contributed by atoms with van der Waals surface area (Å²) >= 11 is 0. The highest BCUT2D eigenvalue weighted by Crippen LogP contribution is 2.35. The van der Waals surface area contributed by atoms with Crippen LogP contribution in [0.1, 0.15) is 61.1 Å². The number of fused-ring (bicyclic) bond motifs is 1. The van der Waals surface area contributed by atoms with Crippen LogP contribution in [0.25, 0.3) is 11.0 Å². The Morgan fingerprint density at radius 2 is 1.93 bits per heavy atom. The van der Waals surface area contributed by atoms with E-state index in [4.69, 9.17) is 13.9 Å². The first-order valence-electron chi connectivity index (χ1n) is 10.3. The summed E-state index contributed by atoms with van der Waals surface area (Å²) in [6, 6.07) is 5.76. The summed E-state index contributed by atoms with van der Waals surface area (Å²) in [6.45, 7) is 4.36. The predicted octanol–water partition coefficient (Wildman–Crippen LogP) is 4.61. The fourth-order valence-corrected chi connectivity index (χ4v) is 4.26. The van der Waals surface area contributed by atoms with Crippen molar-refractivity contribution in [1.82, 2.24) is 5.32 Å². The summed E-state index contributed by atoms with van der Waals surface area (Å²) in [5.41, 5.74) is 1.49. The Bertz CT molecular complexity index is 785. The molecule has 1 saturated carbocycles. The van der Waals surface area contributed by atoms with Gasteiger partial charge in [0, 0.05) is 5.56 Å². The van der Waals surface area contributed by atoms with Crippen molar-refractivity contribution in [1.29, 1.82) is 0 Å². The summed E-state index contributed by atoms with van der Waals surface area (Å²) in [6.07, 6.45) is 8.27. The monoisotopic (exact) mass is 371 g/mol. The van der Waals surface area contributed by atoms with Crippen molar-refractivity contribution in [2.24, 2.45) is 5.92 Å². The molecule has 0 amide bonds. The van der Waals surface area contributed by atoms with Crippen LogP contribution in [-0.2, 0) is 4.74 Å². The lowest BCUT2D eigenvalue weighted by molar-refractivity contribution is 0.0376. The molecule has 1 aromatic carbocycles. The number of carbonyl (C=O) groups is 1. The summed E-state index contributed by atoms with van der Waals surface area (Å²) < 4.78 is 17.7. The molecule has 1 saturated heterocycles. The normalized spacial score (nSPS) is 19.3. The van der Waals surface area contributed by atoms with Crippen LogP contribution < -0.4 is 10.1 Å². The third-order valence-electron chi connectivity index (χ3n) is 5.86. The molecule has 0 spiro atoms. The van der Waals surface area contributed by atoms with Crippen molar-refractivity contribution in [3.05, 3.63) is 29.5 Å². The fraction of sp³-hybridized carbons (Fsp3) is 0.591. The molecular weight excluding hydrogens is 342 g/mol. The second kappa shape index (κ2) is 8.34. The van der Waals surface area contributed by atoms with Crippen LogP contribution >= 0.6 is 0 Å². The summed E-state index contributed by atoms with van der Waals surface area (Å²) in [5, 5.41) is 4.24. The van der Waals surface area contributed by atoms with Gasteiger partial charge in [-0.3, -0.25) is 0 Å². The van der Waals surface area contributed by atoms with Crippen LogP contribution in [-0.4, -0.2) is 31.8 Å². The van der Waals surface area contributed by atoms with Crippen LogP contribution in [0.2, 0.25) is 0 Å². The average molecular weight is 371 g/mol. The van der Waals surface area contributed by atoms with Crippen molar-refractivity contribution in [3.63, 3.8) is 0 Å². The Labute approximate surface area is 160 Å². The van der Waals surface area contributed by atoms with Gasteiger partial charge in [0.2, 0.25) is 5.76 Å². The van der Waals surface area contributed by atoms with E-state index in [1.165, 1.54) is 19.3 Å². The van der Waals surface area contributed by atoms with E-state index < -0.39 is 0 Å². The van der Waals surface area contributed by atoms with Gasteiger partial charge >= 0.3 is 5.97 Å². The molecule has 1 aliphatic heterocycles. The summed E-state index contributed by atoms with van der Waals surface area (Å²) in [4.78, 5) is 12.6. The van der Waals surface area contributed by atoms with Gasteiger partial charge in [-0.25, -0.2) is 4.79 Å². The minimum atomic E-state index is -0.359. The predicted molar refractivity (Wildman–Crippen MR) is 104 cm³/mol. The molecule has 1 aromatic heterocycles. The van der Waals surface area contributed by atoms with Gasteiger partial charge in [-0.1, -0.05) is 25.3 Å². The smallest absolute Gasteiger partial charge is 0.374 e. The number of hydrogen-bond acceptors (Lipinski definition) is 5. The summed E-state index contributed by atoms with van der Waals surface area (Å²) in [7, 11) is 0. The van der Waals surface area contributed by atoms with Crippen molar-refractivity contribution in [2.45, 2.75) is 58.0 Å². The van der Waals surface area contributed by atoms with E-state index in [2.05, 4.69) is 5.32 Å². The van der Waals surface area contributed by atoms with Gasteiger partial charge < -0.3 is 19.2 Å². The van der Waals surface area contributed by atoms with Crippen LogP contribution in [0.15, 0.2) is 22.6 Å². The molecule has 146 valence electrons. The Balaban J connectivity index is 1.50. The average Bonchev–Trinajstić information content (AvgIpc) is 3.05. The number of esters is 1. The van der Waals surface area contributed by atoms with Crippen LogP contribution in [0.4, 0.5) is 0 Å². The molecule has 1 N–H and O–H groups in total. The number of piperidine rings is 1. The molecule has 5 nitrogen and oxygen atoms in total. The minimum Gasteiger partial charge on any atom is -0.490 e. The molecule has 0 unspecified atom stereocenters. The zero-order valence-electron chi connectivity index (χ0n) is 16.1. The highest BCUT2D eigenvalue weighted by Gasteiger charge is 2.24. The van der Waals surface area contributed by atoms with Crippen LogP contribution in [0.3, 0.4) is 0 Å². The van der Waals surface area contributed by atoms with E-state index in [9.17, 15) is 4.79 Å².